The molecule has 2 aromatic rings. The second-order valence-electron chi connectivity index (χ2n) is 6.58. The normalized spacial score (nSPS) is 14.4. The lowest BCUT2D eigenvalue weighted by atomic mass is 10.0. The number of likely N-dealkylation sites (tertiary alicyclic amines) is 1. The number of rotatable bonds is 2. The van der Waals surface area contributed by atoms with Gasteiger partial charge >= 0.3 is 6.18 Å². The molecule has 3 rings (SSSR count). The first kappa shape index (κ1) is 20.3. The smallest absolute Gasteiger partial charge is 0.342 e. The van der Waals surface area contributed by atoms with Gasteiger partial charge in [-0.1, -0.05) is 30.3 Å². The molecule has 6 nitrogen and oxygen atoms in total. The number of amides is 1. The number of halogens is 3. The van der Waals surface area contributed by atoms with Crippen LogP contribution in [0.4, 0.5) is 13.2 Å². The summed E-state index contributed by atoms with van der Waals surface area (Å²) in [4.78, 5) is 25.9. The topological polar surface area (TPSA) is 78.5 Å². The van der Waals surface area contributed by atoms with Crippen LogP contribution in [0.2, 0.25) is 0 Å². The molecule has 0 unspecified atom stereocenters. The number of nitrogens with zero attached hydrogens (tertiary/aromatic N) is 4. The summed E-state index contributed by atoms with van der Waals surface area (Å²) >= 11 is 0. The monoisotopic (exact) mass is 402 g/mol. The fraction of sp³-hybridized carbons (Fsp3) is 0.300. The molecule has 0 bridgehead atoms. The van der Waals surface area contributed by atoms with Crippen LogP contribution in [0, 0.1) is 11.3 Å². The van der Waals surface area contributed by atoms with Crippen molar-refractivity contribution >= 4 is 11.6 Å². The summed E-state index contributed by atoms with van der Waals surface area (Å²) in [5, 5.41) is 13.5. The third-order valence-corrected chi connectivity index (χ3v) is 4.70. The number of benzene rings is 1. The zero-order valence-electron chi connectivity index (χ0n) is 15.5. The quantitative estimate of drug-likeness (QED) is 0.774. The van der Waals surface area contributed by atoms with Crippen molar-refractivity contribution in [3.05, 3.63) is 57.9 Å². The van der Waals surface area contributed by atoms with Crippen LogP contribution in [0.3, 0.4) is 0 Å². The lowest BCUT2D eigenvalue weighted by Crippen LogP contribution is -2.37. The summed E-state index contributed by atoms with van der Waals surface area (Å²) in [6.07, 6.45) is -4.07. The summed E-state index contributed by atoms with van der Waals surface area (Å²) < 4.78 is 41.2. The average Bonchev–Trinajstić information content (AvgIpc) is 2.69. The Hall–Kier alpha value is -3.41. The van der Waals surface area contributed by atoms with E-state index in [-0.39, 0.29) is 11.6 Å². The Morgan fingerprint density at radius 1 is 1.17 bits per heavy atom. The maximum Gasteiger partial charge on any atom is 0.417 e. The molecule has 1 amide bonds. The number of nitriles is 1. The Kier molecular flexibility index (Phi) is 5.55. The van der Waals surface area contributed by atoms with E-state index in [4.69, 9.17) is 0 Å². The number of carbonyl (C=O) groups excluding carboxylic acids is 1. The number of carbonyl (C=O) groups is 1. The van der Waals surface area contributed by atoms with Crippen molar-refractivity contribution in [2.24, 2.45) is 5.10 Å². The van der Waals surface area contributed by atoms with Crippen molar-refractivity contribution in [1.29, 1.82) is 5.26 Å². The van der Waals surface area contributed by atoms with Crippen LogP contribution >= 0.6 is 0 Å². The SMILES string of the molecule is CC(=O)N1CCC(=Nn2c(-c3ccccc3)cc(C(F)(F)F)c(C#N)c2=O)CC1. The first-order chi connectivity index (χ1) is 13.7. The van der Waals surface area contributed by atoms with E-state index >= 15 is 0 Å². The highest BCUT2D eigenvalue weighted by molar-refractivity contribution is 5.87. The molecule has 0 saturated carbocycles. The second kappa shape index (κ2) is 7.91. The molecule has 2 heterocycles. The molecule has 29 heavy (non-hydrogen) atoms. The summed E-state index contributed by atoms with van der Waals surface area (Å²) in [7, 11) is 0. The van der Waals surface area contributed by atoms with Crippen molar-refractivity contribution in [3.8, 4) is 17.3 Å². The number of piperidine rings is 1. The van der Waals surface area contributed by atoms with E-state index in [9.17, 15) is 28.0 Å². The fourth-order valence-electron chi connectivity index (χ4n) is 3.17. The van der Waals surface area contributed by atoms with Gasteiger partial charge in [0.2, 0.25) is 5.91 Å². The Bertz CT molecular complexity index is 1060. The standard InChI is InChI=1S/C20H17F3N4O2/c1-13(28)26-9-7-15(8-10-26)25-27-18(14-5-3-2-4-6-14)11-17(20(21,22)23)16(12-24)19(27)29/h2-6,11H,7-10H2,1H3. The lowest BCUT2D eigenvalue weighted by Gasteiger charge is -2.26. The molecule has 0 radical (unpaired) electrons. The predicted octanol–water partition coefficient (Wildman–Crippen LogP) is 3.25. The summed E-state index contributed by atoms with van der Waals surface area (Å²) in [5.74, 6) is -0.0764. The Morgan fingerprint density at radius 2 is 1.79 bits per heavy atom. The first-order valence-electron chi connectivity index (χ1n) is 8.87. The van der Waals surface area contributed by atoms with Gasteiger partial charge in [0.1, 0.15) is 11.6 Å². The van der Waals surface area contributed by atoms with Crippen molar-refractivity contribution in [2.75, 3.05) is 13.1 Å². The molecule has 0 spiro atoms. The number of hydrogen-bond acceptors (Lipinski definition) is 4. The largest absolute Gasteiger partial charge is 0.417 e. The van der Waals surface area contributed by atoms with Gasteiger partial charge in [0.15, 0.2) is 0 Å². The molecular weight excluding hydrogens is 385 g/mol. The van der Waals surface area contributed by atoms with Crippen LogP contribution in [-0.4, -0.2) is 34.3 Å². The van der Waals surface area contributed by atoms with Crippen LogP contribution in [0.1, 0.15) is 30.9 Å². The van der Waals surface area contributed by atoms with Gasteiger partial charge in [0, 0.05) is 44.1 Å². The van der Waals surface area contributed by atoms with E-state index < -0.39 is 22.9 Å². The molecular formula is C20H17F3N4O2. The molecule has 0 aliphatic carbocycles. The molecule has 1 aromatic carbocycles. The van der Waals surface area contributed by atoms with Crippen LogP contribution < -0.4 is 5.56 Å². The molecule has 9 heteroatoms. The van der Waals surface area contributed by atoms with Crippen LogP contribution in [-0.2, 0) is 11.0 Å². The van der Waals surface area contributed by atoms with Crippen LogP contribution in [0.5, 0.6) is 0 Å². The number of pyridine rings is 1. The number of aromatic nitrogens is 1. The van der Waals surface area contributed by atoms with E-state index in [2.05, 4.69) is 5.10 Å². The highest BCUT2D eigenvalue weighted by Gasteiger charge is 2.36. The van der Waals surface area contributed by atoms with Crippen LogP contribution in [0.25, 0.3) is 11.3 Å². The highest BCUT2D eigenvalue weighted by Crippen LogP contribution is 2.33. The maximum atomic E-state index is 13.4. The predicted molar refractivity (Wildman–Crippen MR) is 100 cm³/mol. The Balaban J connectivity index is 2.18. The minimum absolute atomic E-state index is 0.0524. The van der Waals surface area contributed by atoms with Gasteiger partial charge < -0.3 is 4.90 Å². The average molecular weight is 402 g/mol. The summed E-state index contributed by atoms with van der Waals surface area (Å²) in [5.41, 5.74) is -2.52. The minimum atomic E-state index is -4.85. The lowest BCUT2D eigenvalue weighted by molar-refractivity contribution is -0.138. The zero-order valence-corrected chi connectivity index (χ0v) is 15.5. The van der Waals surface area contributed by atoms with Crippen molar-refractivity contribution in [3.63, 3.8) is 0 Å². The summed E-state index contributed by atoms with van der Waals surface area (Å²) in [6, 6.07) is 10.3. The van der Waals surface area contributed by atoms with E-state index in [0.717, 1.165) is 10.7 Å². The van der Waals surface area contributed by atoms with Gasteiger partial charge in [0.25, 0.3) is 5.56 Å². The molecule has 1 saturated heterocycles. The van der Waals surface area contributed by atoms with Gasteiger partial charge in [0.05, 0.1) is 11.3 Å². The number of hydrogen-bond donors (Lipinski definition) is 0. The Labute approximate surface area is 164 Å². The van der Waals surface area contributed by atoms with E-state index in [0.29, 0.717) is 37.2 Å². The molecule has 1 aromatic heterocycles. The fourth-order valence-corrected chi connectivity index (χ4v) is 3.17. The summed E-state index contributed by atoms with van der Waals surface area (Å²) in [6.45, 7) is 2.28. The van der Waals surface area contributed by atoms with Gasteiger partial charge in [-0.2, -0.15) is 28.2 Å². The van der Waals surface area contributed by atoms with E-state index in [1.165, 1.54) is 13.0 Å². The van der Waals surface area contributed by atoms with Crippen LogP contribution in [0.15, 0.2) is 46.3 Å². The number of alkyl halides is 3. The molecule has 150 valence electrons. The van der Waals surface area contributed by atoms with Gasteiger partial charge in [-0.3, -0.25) is 9.59 Å². The zero-order chi connectivity index (χ0) is 21.2. The first-order valence-corrected chi connectivity index (χ1v) is 8.87. The van der Waals surface area contributed by atoms with Crippen molar-refractivity contribution in [2.45, 2.75) is 25.9 Å². The third kappa shape index (κ3) is 4.21. The van der Waals surface area contributed by atoms with E-state index in [1.807, 2.05) is 0 Å². The van der Waals surface area contributed by atoms with Crippen molar-refractivity contribution in [1.82, 2.24) is 9.58 Å². The molecule has 1 aliphatic heterocycles. The molecule has 0 N–H and O–H groups in total. The maximum absolute atomic E-state index is 13.4. The third-order valence-electron chi connectivity index (χ3n) is 4.70. The highest BCUT2D eigenvalue weighted by atomic mass is 19.4. The molecule has 1 fully saturated rings. The Morgan fingerprint density at radius 3 is 2.31 bits per heavy atom. The van der Waals surface area contributed by atoms with Crippen molar-refractivity contribution < 1.29 is 18.0 Å². The molecule has 0 atom stereocenters. The van der Waals surface area contributed by atoms with Gasteiger partial charge in [-0.15, -0.1) is 0 Å². The second-order valence-corrected chi connectivity index (χ2v) is 6.58. The minimum Gasteiger partial charge on any atom is -0.342 e. The van der Waals surface area contributed by atoms with E-state index in [1.54, 1.807) is 35.2 Å². The van der Waals surface area contributed by atoms with Gasteiger partial charge in [-0.25, -0.2) is 0 Å². The van der Waals surface area contributed by atoms with Gasteiger partial charge in [-0.05, 0) is 6.07 Å². The molecule has 1 aliphatic rings.